The number of Topliss-reactive ketones (excluding diaryl/α,β-unsaturated/α-hetero) is 2. The van der Waals surface area contributed by atoms with Crippen LogP contribution in [0, 0.1) is 35.0 Å². The molecule has 0 heterocycles. The summed E-state index contributed by atoms with van der Waals surface area (Å²) in [6.07, 6.45) is 5.41. The lowest BCUT2D eigenvalue weighted by Crippen LogP contribution is -2.65. The van der Waals surface area contributed by atoms with Gasteiger partial charge < -0.3 is 45.9 Å². The number of aliphatic hydroxyl groups is 3. The third kappa shape index (κ3) is 6.55. The number of ether oxygens (including phenoxy) is 2. The summed E-state index contributed by atoms with van der Waals surface area (Å²) in [6.45, 7) is 0.819. The Morgan fingerprint density at radius 1 is 0.948 bits per heavy atom. The summed E-state index contributed by atoms with van der Waals surface area (Å²) < 4.78 is 10.8. The number of amides is 3. The number of anilines is 2. The molecular formula is C41H53N5O12. The largest absolute Gasteiger partial charge is 0.508 e. The predicted octanol–water partition coefficient (Wildman–Crippen LogP) is 2.53. The maximum atomic E-state index is 14.3. The fraction of sp³-hybridized carbons (Fsp3) is 0.610. The van der Waals surface area contributed by atoms with Gasteiger partial charge in [0.15, 0.2) is 11.4 Å². The van der Waals surface area contributed by atoms with Gasteiger partial charge in [0.2, 0.25) is 18.5 Å². The number of fused-ring (bicyclic) bond motifs is 3. The molecule has 4 atom stereocenters. The number of phenolic OH excluding ortho intramolecular Hbond substituents is 1. The second kappa shape index (κ2) is 14.9. The number of nitrogens with two attached hydrogens (primary N) is 1. The average molecular weight is 808 g/mol. The van der Waals surface area contributed by atoms with Crippen molar-refractivity contribution in [3.63, 3.8) is 0 Å². The van der Waals surface area contributed by atoms with E-state index in [1.54, 1.807) is 25.9 Å². The third-order valence-electron chi connectivity index (χ3n) is 13.4. The van der Waals surface area contributed by atoms with Crippen LogP contribution < -0.4 is 16.0 Å². The number of primary amides is 1. The lowest BCUT2D eigenvalue weighted by Gasteiger charge is -2.55. The molecule has 7 aliphatic rings. The van der Waals surface area contributed by atoms with Crippen LogP contribution in [0.3, 0.4) is 0 Å². The standard InChI is InChI=1S/C41H53N5O12/c1-6-7-46(39(55)58-18-57-38(54)40-14-19-8-20(15-40)10-21(9-19)16-40)17-27(47)43-25-13-26(44(2)3)23-11-22-12-24-31(45(4)5)34(50)30(37(42)53)36(52)41(24,56)35(51)28(22)33(49)29(23)32(25)48/h13,19-22,24,31,48-49,52,56H,6-12,14-18H2,1-5H3,(H2,42,53)(H,43,47)/t19?,20?,21?,22-,24-,31-,40?,41-/m0/s1. The lowest BCUT2D eigenvalue weighted by atomic mass is 9.49. The third-order valence-corrected chi connectivity index (χ3v) is 13.4. The van der Waals surface area contributed by atoms with Gasteiger partial charge in [0.25, 0.3) is 5.91 Å². The van der Waals surface area contributed by atoms with E-state index < -0.39 is 94.5 Å². The highest BCUT2D eigenvalue weighted by molar-refractivity contribution is 6.24. The van der Waals surface area contributed by atoms with E-state index in [1.807, 2.05) is 0 Å². The van der Waals surface area contributed by atoms with Crippen molar-refractivity contribution in [2.45, 2.75) is 76.4 Å². The van der Waals surface area contributed by atoms with Gasteiger partial charge in [0.05, 0.1) is 22.7 Å². The first-order chi connectivity index (χ1) is 27.3. The van der Waals surface area contributed by atoms with E-state index in [2.05, 4.69) is 5.32 Å². The number of likely N-dealkylation sites (N-methyl/N-ethyl adjacent to an activating group) is 1. The maximum Gasteiger partial charge on any atom is 0.413 e. The first-order valence-electron chi connectivity index (χ1n) is 19.9. The van der Waals surface area contributed by atoms with Crippen molar-refractivity contribution >= 4 is 52.6 Å². The van der Waals surface area contributed by atoms with Crippen LogP contribution in [0.4, 0.5) is 16.2 Å². The second-order valence-corrected chi connectivity index (χ2v) is 17.6. The zero-order valence-corrected chi connectivity index (χ0v) is 33.5. The number of phenols is 1. The Morgan fingerprint density at radius 2 is 1.57 bits per heavy atom. The van der Waals surface area contributed by atoms with Crippen molar-refractivity contribution in [3.8, 4) is 5.75 Å². The molecule has 7 aliphatic carbocycles. The van der Waals surface area contributed by atoms with Crippen molar-refractivity contribution in [1.82, 2.24) is 9.80 Å². The molecule has 1 aromatic rings. The topological polar surface area (TPSA) is 250 Å². The van der Waals surface area contributed by atoms with E-state index in [4.69, 9.17) is 15.2 Å². The molecule has 0 spiro atoms. The molecule has 5 fully saturated rings. The number of carbonyl (C=O) groups is 6. The Bertz CT molecular complexity index is 2000. The number of ketones is 2. The number of aromatic hydroxyl groups is 1. The van der Waals surface area contributed by atoms with Crippen LogP contribution in [0.2, 0.25) is 0 Å². The van der Waals surface area contributed by atoms with Crippen LogP contribution in [0.1, 0.15) is 69.4 Å². The molecule has 17 nitrogen and oxygen atoms in total. The van der Waals surface area contributed by atoms with Gasteiger partial charge in [-0.1, -0.05) is 6.92 Å². The molecule has 58 heavy (non-hydrogen) atoms. The van der Waals surface area contributed by atoms with Crippen molar-refractivity contribution in [2.75, 3.05) is 58.3 Å². The summed E-state index contributed by atoms with van der Waals surface area (Å²) in [6, 6.07) is 0.265. The van der Waals surface area contributed by atoms with Crippen LogP contribution in [0.5, 0.6) is 5.75 Å². The zero-order chi connectivity index (χ0) is 42.2. The molecule has 8 rings (SSSR count). The Kier molecular flexibility index (Phi) is 10.5. The van der Waals surface area contributed by atoms with Crippen molar-refractivity contribution in [1.29, 1.82) is 0 Å². The minimum atomic E-state index is -2.80. The molecule has 3 amide bonds. The monoisotopic (exact) mass is 807 g/mol. The number of rotatable bonds is 11. The number of carbonyl (C=O) groups excluding carboxylic acids is 6. The summed E-state index contributed by atoms with van der Waals surface area (Å²) in [5, 5.41) is 49.1. The number of nitrogens with one attached hydrogen (secondary N) is 1. The predicted molar refractivity (Wildman–Crippen MR) is 207 cm³/mol. The van der Waals surface area contributed by atoms with Gasteiger partial charge in [-0.25, -0.2) is 4.79 Å². The van der Waals surface area contributed by atoms with Crippen LogP contribution in [0.25, 0.3) is 5.76 Å². The van der Waals surface area contributed by atoms with E-state index in [9.17, 15) is 49.2 Å². The quantitative estimate of drug-likeness (QED) is 0.0814. The second-order valence-electron chi connectivity index (χ2n) is 17.6. The number of aliphatic hydroxyl groups excluding tert-OH is 2. The highest BCUT2D eigenvalue weighted by Gasteiger charge is 2.64. The first-order valence-corrected chi connectivity index (χ1v) is 19.9. The molecule has 0 aromatic heterocycles. The van der Waals surface area contributed by atoms with E-state index in [1.165, 1.54) is 25.1 Å². The van der Waals surface area contributed by atoms with Gasteiger partial charge in [-0.15, -0.1) is 0 Å². The van der Waals surface area contributed by atoms with Gasteiger partial charge in [-0.2, -0.15) is 0 Å². The molecule has 5 saturated carbocycles. The highest BCUT2D eigenvalue weighted by Crippen LogP contribution is 2.60. The first kappa shape index (κ1) is 41.0. The summed E-state index contributed by atoms with van der Waals surface area (Å²) in [5.41, 5.74) is 1.33. The van der Waals surface area contributed by atoms with Gasteiger partial charge >= 0.3 is 12.1 Å². The van der Waals surface area contributed by atoms with E-state index in [0.29, 0.717) is 35.4 Å². The van der Waals surface area contributed by atoms with Gasteiger partial charge in [-0.3, -0.25) is 33.8 Å². The van der Waals surface area contributed by atoms with Crippen molar-refractivity contribution < 1.29 is 58.7 Å². The number of esters is 1. The molecule has 0 saturated heterocycles. The van der Waals surface area contributed by atoms with Gasteiger partial charge in [0.1, 0.15) is 29.4 Å². The van der Waals surface area contributed by atoms with Crippen LogP contribution in [0.15, 0.2) is 23.0 Å². The smallest absolute Gasteiger partial charge is 0.413 e. The fourth-order valence-corrected chi connectivity index (χ4v) is 11.4. The average Bonchev–Trinajstić information content (AvgIpc) is 3.13. The Balaban J connectivity index is 1.11. The minimum absolute atomic E-state index is 0.0490. The molecular weight excluding hydrogens is 754 g/mol. The molecule has 1 aromatic carbocycles. The molecule has 0 aliphatic heterocycles. The molecule has 0 radical (unpaired) electrons. The maximum absolute atomic E-state index is 14.3. The van der Waals surface area contributed by atoms with Gasteiger partial charge in [0, 0.05) is 37.8 Å². The van der Waals surface area contributed by atoms with Gasteiger partial charge in [-0.05, 0) is 107 Å². The summed E-state index contributed by atoms with van der Waals surface area (Å²) in [5.74, 6) is -7.38. The molecule has 0 unspecified atom stereocenters. The normalized spacial score (nSPS) is 30.7. The Morgan fingerprint density at radius 3 is 2.12 bits per heavy atom. The molecule has 4 bridgehead atoms. The van der Waals surface area contributed by atoms with Crippen LogP contribution in [-0.4, -0.2) is 125 Å². The zero-order valence-electron chi connectivity index (χ0n) is 33.5. The number of benzene rings is 1. The molecule has 7 N–H and O–H groups in total. The Labute approximate surface area is 335 Å². The Hall–Kier alpha value is -5.16. The number of hydrogen-bond acceptors (Lipinski definition) is 14. The van der Waals surface area contributed by atoms with E-state index in [-0.39, 0.29) is 42.2 Å². The molecule has 314 valence electrons. The SMILES string of the molecule is CCCN(CC(=O)Nc1cc(N(C)C)c2c(c1O)C(O)=C1C(=O)[C@]3(O)C(O)=C(C(N)=O)C(=O)[C@@H](N(C)C)[C@@H]3C[C@@H]1C2)C(=O)OCOC(=O)C12CC3CC(CC(C3)C1)C2. The highest BCUT2D eigenvalue weighted by atomic mass is 16.7. The van der Waals surface area contributed by atoms with Crippen LogP contribution in [-0.2, 0) is 39.9 Å². The summed E-state index contributed by atoms with van der Waals surface area (Å²) in [4.78, 5) is 84.2. The summed E-state index contributed by atoms with van der Waals surface area (Å²) in [7, 11) is 6.45. The van der Waals surface area contributed by atoms with E-state index in [0.717, 1.165) is 43.4 Å². The van der Waals surface area contributed by atoms with E-state index >= 15 is 0 Å². The number of nitrogens with zero attached hydrogens (tertiary/aromatic N) is 3. The van der Waals surface area contributed by atoms with Crippen LogP contribution >= 0.6 is 0 Å². The molecule has 17 heteroatoms. The minimum Gasteiger partial charge on any atom is -0.508 e. The van der Waals surface area contributed by atoms with Crippen molar-refractivity contribution in [3.05, 3.63) is 34.1 Å². The lowest BCUT2D eigenvalue weighted by molar-refractivity contribution is -0.180. The fourth-order valence-electron chi connectivity index (χ4n) is 11.4. The van der Waals surface area contributed by atoms with Crippen molar-refractivity contribution in [2.24, 2.45) is 40.7 Å². The number of hydrogen-bond donors (Lipinski definition) is 6. The summed E-state index contributed by atoms with van der Waals surface area (Å²) >= 11 is 0.